The Kier molecular flexibility index (Phi) is 7.26. The number of hydrogen-bond donors (Lipinski definition) is 2. The molecule has 0 aliphatic heterocycles. The SMILES string of the molecule is CCN(CCCN(C)C)CC(C(=N)N)c1ccccc1. The Morgan fingerprint density at radius 2 is 1.85 bits per heavy atom. The molecule has 112 valence electrons. The van der Waals surface area contributed by atoms with Gasteiger partial charge in [0.1, 0.15) is 0 Å². The fourth-order valence-corrected chi connectivity index (χ4v) is 2.32. The van der Waals surface area contributed by atoms with E-state index in [4.69, 9.17) is 11.1 Å². The predicted octanol–water partition coefficient (Wildman–Crippen LogP) is 1.98. The Morgan fingerprint density at radius 1 is 1.20 bits per heavy atom. The molecular weight excluding hydrogens is 248 g/mol. The van der Waals surface area contributed by atoms with Crippen molar-refractivity contribution in [3.05, 3.63) is 35.9 Å². The second-order valence-corrected chi connectivity index (χ2v) is 5.47. The van der Waals surface area contributed by atoms with E-state index in [9.17, 15) is 0 Å². The highest BCUT2D eigenvalue weighted by atomic mass is 15.1. The first-order chi connectivity index (χ1) is 9.54. The van der Waals surface area contributed by atoms with E-state index in [1.54, 1.807) is 0 Å². The summed E-state index contributed by atoms with van der Waals surface area (Å²) in [5, 5.41) is 7.85. The smallest absolute Gasteiger partial charge is 0.0995 e. The number of amidine groups is 1. The summed E-state index contributed by atoms with van der Waals surface area (Å²) in [7, 11) is 4.19. The summed E-state index contributed by atoms with van der Waals surface area (Å²) in [6.07, 6.45) is 1.14. The highest BCUT2D eigenvalue weighted by Crippen LogP contribution is 2.17. The lowest BCUT2D eigenvalue weighted by atomic mass is 9.97. The molecule has 4 heteroatoms. The second-order valence-electron chi connectivity index (χ2n) is 5.47. The Hall–Kier alpha value is -1.39. The lowest BCUT2D eigenvalue weighted by molar-refractivity contribution is 0.263. The maximum absolute atomic E-state index is 7.85. The lowest BCUT2D eigenvalue weighted by Gasteiger charge is -2.26. The van der Waals surface area contributed by atoms with Crippen LogP contribution in [-0.4, -0.2) is 55.9 Å². The van der Waals surface area contributed by atoms with Gasteiger partial charge in [-0.25, -0.2) is 0 Å². The highest BCUT2D eigenvalue weighted by molar-refractivity contribution is 5.84. The molecule has 0 spiro atoms. The molecule has 0 saturated carbocycles. The molecule has 0 aliphatic carbocycles. The molecule has 1 atom stereocenters. The first kappa shape index (κ1) is 16.7. The van der Waals surface area contributed by atoms with Gasteiger partial charge in [-0.1, -0.05) is 37.3 Å². The largest absolute Gasteiger partial charge is 0.387 e. The van der Waals surface area contributed by atoms with Gasteiger partial charge in [0.25, 0.3) is 0 Å². The van der Waals surface area contributed by atoms with Gasteiger partial charge in [-0.05, 0) is 45.7 Å². The van der Waals surface area contributed by atoms with Gasteiger partial charge in [0, 0.05) is 6.54 Å². The molecule has 1 unspecified atom stereocenters. The minimum Gasteiger partial charge on any atom is -0.387 e. The van der Waals surface area contributed by atoms with Gasteiger partial charge < -0.3 is 15.5 Å². The number of rotatable bonds is 9. The van der Waals surface area contributed by atoms with Crippen molar-refractivity contribution >= 4 is 5.84 Å². The molecular formula is C16H28N4. The van der Waals surface area contributed by atoms with Crippen molar-refractivity contribution in [3.8, 4) is 0 Å². The molecule has 0 aliphatic rings. The first-order valence-corrected chi connectivity index (χ1v) is 7.30. The average molecular weight is 276 g/mol. The number of benzene rings is 1. The quantitative estimate of drug-likeness (QED) is 0.535. The summed E-state index contributed by atoms with van der Waals surface area (Å²) < 4.78 is 0. The molecule has 0 saturated heterocycles. The van der Waals surface area contributed by atoms with Crippen molar-refractivity contribution in [3.63, 3.8) is 0 Å². The Bertz CT molecular complexity index is 389. The van der Waals surface area contributed by atoms with Crippen LogP contribution in [0.1, 0.15) is 24.8 Å². The van der Waals surface area contributed by atoms with Crippen molar-refractivity contribution in [2.45, 2.75) is 19.3 Å². The van der Waals surface area contributed by atoms with Crippen LogP contribution < -0.4 is 5.73 Å². The number of nitrogens with zero attached hydrogens (tertiary/aromatic N) is 2. The summed E-state index contributed by atoms with van der Waals surface area (Å²) in [5.41, 5.74) is 6.93. The van der Waals surface area contributed by atoms with Gasteiger partial charge >= 0.3 is 0 Å². The molecule has 3 N–H and O–H groups in total. The van der Waals surface area contributed by atoms with Gasteiger partial charge in [-0.2, -0.15) is 0 Å². The standard InChI is InChI=1S/C16H28N4/c1-4-20(12-8-11-19(2)3)13-15(16(17)18)14-9-6-5-7-10-14/h5-7,9-10,15H,4,8,11-13H2,1-3H3,(H3,17,18). The zero-order valence-corrected chi connectivity index (χ0v) is 13.0. The molecule has 0 radical (unpaired) electrons. The maximum atomic E-state index is 7.85. The van der Waals surface area contributed by atoms with E-state index in [1.165, 1.54) is 0 Å². The van der Waals surface area contributed by atoms with Crippen LogP contribution in [0, 0.1) is 5.41 Å². The zero-order valence-electron chi connectivity index (χ0n) is 13.0. The molecule has 0 fully saturated rings. The third-order valence-corrected chi connectivity index (χ3v) is 3.55. The van der Waals surface area contributed by atoms with Crippen LogP contribution in [0.15, 0.2) is 30.3 Å². The summed E-state index contributed by atoms with van der Waals surface area (Å²) in [4.78, 5) is 4.58. The van der Waals surface area contributed by atoms with E-state index >= 15 is 0 Å². The molecule has 4 nitrogen and oxygen atoms in total. The van der Waals surface area contributed by atoms with E-state index < -0.39 is 0 Å². The van der Waals surface area contributed by atoms with Gasteiger partial charge in [-0.15, -0.1) is 0 Å². The summed E-state index contributed by atoms with van der Waals surface area (Å²) >= 11 is 0. The molecule has 0 amide bonds. The number of likely N-dealkylation sites (N-methyl/N-ethyl adjacent to an activating group) is 1. The molecule has 1 aromatic carbocycles. The number of hydrogen-bond acceptors (Lipinski definition) is 3. The number of nitrogens with one attached hydrogen (secondary N) is 1. The predicted molar refractivity (Wildman–Crippen MR) is 86.4 cm³/mol. The van der Waals surface area contributed by atoms with Gasteiger partial charge in [0.2, 0.25) is 0 Å². The maximum Gasteiger partial charge on any atom is 0.0995 e. The van der Waals surface area contributed by atoms with Crippen molar-refractivity contribution < 1.29 is 0 Å². The van der Waals surface area contributed by atoms with E-state index in [0.717, 1.165) is 38.2 Å². The minimum absolute atomic E-state index is 0.00416. The summed E-state index contributed by atoms with van der Waals surface area (Å²) in [5.74, 6) is 0.248. The second kappa shape index (κ2) is 8.72. The fraction of sp³-hybridized carbons (Fsp3) is 0.562. The van der Waals surface area contributed by atoms with Crippen LogP contribution in [0.3, 0.4) is 0 Å². The van der Waals surface area contributed by atoms with Crippen LogP contribution in [0.2, 0.25) is 0 Å². The molecule has 1 rings (SSSR count). The molecule has 0 heterocycles. The number of nitrogens with two attached hydrogens (primary N) is 1. The average Bonchev–Trinajstić information content (AvgIpc) is 2.42. The van der Waals surface area contributed by atoms with E-state index in [0.29, 0.717) is 0 Å². The van der Waals surface area contributed by atoms with Crippen LogP contribution in [-0.2, 0) is 0 Å². The van der Waals surface area contributed by atoms with Crippen LogP contribution >= 0.6 is 0 Å². The Morgan fingerprint density at radius 3 is 2.35 bits per heavy atom. The molecule has 0 bridgehead atoms. The molecule has 1 aromatic rings. The van der Waals surface area contributed by atoms with Gasteiger partial charge in [-0.3, -0.25) is 5.41 Å². The van der Waals surface area contributed by atoms with Crippen molar-refractivity contribution in [2.75, 3.05) is 40.3 Å². The Balaban J connectivity index is 2.61. The van der Waals surface area contributed by atoms with Crippen LogP contribution in [0.5, 0.6) is 0 Å². The van der Waals surface area contributed by atoms with Crippen molar-refractivity contribution in [1.82, 2.24) is 9.80 Å². The van der Waals surface area contributed by atoms with Gasteiger partial charge in [0.05, 0.1) is 11.8 Å². The first-order valence-electron chi connectivity index (χ1n) is 7.30. The molecule has 20 heavy (non-hydrogen) atoms. The van der Waals surface area contributed by atoms with Crippen LogP contribution in [0.25, 0.3) is 0 Å². The van der Waals surface area contributed by atoms with E-state index in [1.807, 2.05) is 18.2 Å². The highest BCUT2D eigenvalue weighted by Gasteiger charge is 2.17. The van der Waals surface area contributed by atoms with Crippen LogP contribution in [0.4, 0.5) is 0 Å². The lowest BCUT2D eigenvalue weighted by Crippen LogP contribution is -2.36. The van der Waals surface area contributed by atoms with Gasteiger partial charge in [0.15, 0.2) is 0 Å². The topological polar surface area (TPSA) is 56.4 Å². The zero-order chi connectivity index (χ0) is 15.0. The van der Waals surface area contributed by atoms with Crippen molar-refractivity contribution in [1.29, 1.82) is 5.41 Å². The Labute approximate surface area is 123 Å². The fourth-order valence-electron chi connectivity index (χ4n) is 2.32. The monoisotopic (exact) mass is 276 g/mol. The normalized spacial score (nSPS) is 12.8. The summed E-state index contributed by atoms with van der Waals surface area (Å²) in [6.45, 7) is 6.11. The third kappa shape index (κ3) is 5.72. The third-order valence-electron chi connectivity index (χ3n) is 3.55. The van der Waals surface area contributed by atoms with E-state index in [-0.39, 0.29) is 11.8 Å². The molecule has 0 aromatic heterocycles. The summed E-state index contributed by atoms with van der Waals surface area (Å²) in [6, 6.07) is 10.1. The van der Waals surface area contributed by atoms with Crippen molar-refractivity contribution in [2.24, 2.45) is 5.73 Å². The minimum atomic E-state index is -0.00416. The van der Waals surface area contributed by atoms with E-state index in [2.05, 4.69) is 43.0 Å².